The third-order valence-corrected chi connectivity index (χ3v) is 8.01. The number of aliphatic hydroxyl groups excluding tert-OH is 7. The summed E-state index contributed by atoms with van der Waals surface area (Å²) in [5, 5.41) is 70.6. The second-order valence-electron chi connectivity index (χ2n) is 11.3. The Balaban J connectivity index is 1.64. The maximum Gasteiger partial charge on any atom is 0.187 e. The summed E-state index contributed by atoms with van der Waals surface area (Å²) in [5.74, 6) is 0. The molecule has 0 unspecified atom stereocenters. The van der Waals surface area contributed by atoms with Crippen LogP contribution >= 0.6 is 0 Å². The highest BCUT2D eigenvalue weighted by Crippen LogP contribution is 2.30. The number of hydrogen-bond donors (Lipinski definition) is 7. The fourth-order valence-electron chi connectivity index (χ4n) is 5.45. The molecule has 2 fully saturated rings. The summed E-state index contributed by atoms with van der Waals surface area (Å²) in [4.78, 5) is 0. The van der Waals surface area contributed by atoms with Crippen molar-refractivity contribution in [3.63, 3.8) is 0 Å². The van der Waals surface area contributed by atoms with E-state index in [1.54, 1.807) is 0 Å². The smallest absolute Gasteiger partial charge is 0.187 e. The monoisotopic (exact) mass is 580 g/mol. The van der Waals surface area contributed by atoms with Crippen LogP contribution in [0, 0.1) is 0 Å². The van der Waals surface area contributed by atoms with Crippen molar-refractivity contribution in [2.24, 2.45) is 0 Å². The van der Waals surface area contributed by atoms with Crippen LogP contribution in [0.25, 0.3) is 0 Å². The van der Waals surface area contributed by atoms with Gasteiger partial charge < -0.3 is 54.7 Å². The van der Waals surface area contributed by atoms with Crippen LogP contribution in [0.1, 0.15) is 103 Å². The van der Waals surface area contributed by atoms with E-state index in [4.69, 9.17) is 18.9 Å². The van der Waals surface area contributed by atoms with Gasteiger partial charge in [-0.15, -0.1) is 0 Å². The van der Waals surface area contributed by atoms with Gasteiger partial charge in [-0.25, -0.2) is 0 Å². The van der Waals surface area contributed by atoms with Crippen molar-refractivity contribution in [2.45, 2.75) is 165 Å². The summed E-state index contributed by atoms with van der Waals surface area (Å²) in [6.07, 6.45) is 4.45. The average molecular weight is 581 g/mol. The third-order valence-electron chi connectivity index (χ3n) is 8.01. The number of aliphatic hydroxyl groups is 7. The molecule has 0 saturated carbocycles. The van der Waals surface area contributed by atoms with Gasteiger partial charge in [0.25, 0.3) is 0 Å². The molecule has 7 N–H and O–H groups in total. The summed E-state index contributed by atoms with van der Waals surface area (Å²) >= 11 is 0. The van der Waals surface area contributed by atoms with Crippen molar-refractivity contribution >= 4 is 0 Å². The lowest BCUT2D eigenvalue weighted by Gasteiger charge is -2.46. The van der Waals surface area contributed by atoms with Gasteiger partial charge in [0.2, 0.25) is 0 Å². The van der Waals surface area contributed by atoms with Gasteiger partial charge in [-0.3, -0.25) is 0 Å². The minimum absolute atomic E-state index is 0.293. The number of rotatable bonds is 21. The summed E-state index contributed by atoms with van der Waals surface area (Å²) in [7, 11) is 0. The zero-order valence-electron chi connectivity index (χ0n) is 24.3. The Morgan fingerprint density at radius 2 is 1.02 bits per heavy atom. The summed E-state index contributed by atoms with van der Waals surface area (Å²) < 4.78 is 22.0. The van der Waals surface area contributed by atoms with Crippen molar-refractivity contribution < 1.29 is 54.7 Å². The van der Waals surface area contributed by atoms with E-state index in [1.165, 1.54) is 77.0 Å². The van der Waals surface area contributed by atoms with Crippen molar-refractivity contribution in [2.75, 3.05) is 19.8 Å². The first-order valence-corrected chi connectivity index (χ1v) is 15.6. The largest absolute Gasteiger partial charge is 0.394 e. The molecule has 40 heavy (non-hydrogen) atoms. The lowest BCUT2D eigenvalue weighted by Crippen LogP contribution is -2.64. The lowest BCUT2D eigenvalue weighted by atomic mass is 9.97. The number of ether oxygens (including phenoxy) is 4. The molecule has 2 saturated heterocycles. The first-order valence-electron chi connectivity index (χ1n) is 15.6. The van der Waals surface area contributed by atoms with Crippen LogP contribution in [0.2, 0.25) is 0 Å². The summed E-state index contributed by atoms with van der Waals surface area (Å²) in [6, 6.07) is 0. The normalized spacial score (nSPS) is 34.8. The maximum atomic E-state index is 10.8. The van der Waals surface area contributed by atoms with Gasteiger partial charge >= 0.3 is 0 Å². The van der Waals surface area contributed by atoms with E-state index >= 15 is 0 Å². The highest BCUT2D eigenvalue weighted by atomic mass is 16.7. The zero-order valence-corrected chi connectivity index (χ0v) is 24.3. The summed E-state index contributed by atoms with van der Waals surface area (Å²) in [5.41, 5.74) is 0. The topological polar surface area (TPSA) is 179 Å². The quantitative estimate of drug-likeness (QED) is 0.0979. The first-order chi connectivity index (χ1) is 19.3. The zero-order chi connectivity index (χ0) is 29.3. The van der Waals surface area contributed by atoms with Gasteiger partial charge in [-0.1, -0.05) is 96.8 Å². The minimum Gasteiger partial charge on any atom is -0.394 e. The van der Waals surface area contributed by atoms with E-state index in [2.05, 4.69) is 6.92 Å². The van der Waals surface area contributed by atoms with Crippen molar-refractivity contribution in [1.29, 1.82) is 0 Å². The Morgan fingerprint density at radius 3 is 1.52 bits per heavy atom. The van der Waals surface area contributed by atoms with Gasteiger partial charge in [0.1, 0.15) is 48.8 Å². The first kappa shape index (κ1) is 35.8. The fourth-order valence-corrected chi connectivity index (χ4v) is 5.45. The van der Waals surface area contributed by atoms with E-state index in [1.807, 2.05) is 0 Å². The molecule has 0 amide bonds. The Kier molecular flexibility index (Phi) is 18.3. The maximum absolute atomic E-state index is 10.8. The van der Waals surface area contributed by atoms with Gasteiger partial charge in [-0.2, -0.15) is 0 Å². The second-order valence-corrected chi connectivity index (χ2v) is 11.3. The predicted molar refractivity (Wildman–Crippen MR) is 147 cm³/mol. The number of unbranched alkanes of at least 4 members (excludes halogenated alkanes) is 14. The molecule has 10 atom stereocenters. The molecular weight excluding hydrogens is 524 g/mol. The van der Waals surface area contributed by atoms with E-state index in [-0.39, 0.29) is 0 Å². The van der Waals surface area contributed by atoms with E-state index in [9.17, 15) is 35.7 Å². The van der Waals surface area contributed by atoms with Crippen LogP contribution in [-0.4, -0.2) is 117 Å². The van der Waals surface area contributed by atoms with E-state index in [0.29, 0.717) is 6.61 Å². The van der Waals surface area contributed by atoms with Crippen LogP contribution in [0.4, 0.5) is 0 Å². The standard InChI is InChI=1S/C29H56O11/c1-2-3-4-5-6-7-8-9-10-11-12-13-14-15-16-17-37-27-22(32)20(18-30)39-29(25(27)35)40-26-21(19-31)38-28(36)24(34)23(26)33/h20-36H,2-19H2,1H3/t20-,21-,22-,23-,24-,25-,26-,27+,28-,29-/m1/s1. The molecular formula is C29H56O11. The van der Waals surface area contributed by atoms with Crippen molar-refractivity contribution in [1.82, 2.24) is 0 Å². The molecule has 11 heteroatoms. The Labute approximate surface area is 239 Å². The molecule has 2 heterocycles. The van der Waals surface area contributed by atoms with Gasteiger partial charge in [0, 0.05) is 6.61 Å². The molecule has 0 aromatic carbocycles. The van der Waals surface area contributed by atoms with Crippen LogP contribution in [0.3, 0.4) is 0 Å². The average Bonchev–Trinajstić information content (AvgIpc) is 2.95. The fraction of sp³-hybridized carbons (Fsp3) is 1.00. The van der Waals surface area contributed by atoms with Crippen molar-refractivity contribution in [3.8, 4) is 0 Å². The van der Waals surface area contributed by atoms with Gasteiger partial charge in [-0.05, 0) is 6.42 Å². The van der Waals surface area contributed by atoms with Gasteiger partial charge in [0.15, 0.2) is 12.6 Å². The molecule has 11 nitrogen and oxygen atoms in total. The summed E-state index contributed by atoms with van der Waals surface area (Å²) in [6.45, 7) is 1.33. The van der Waals surface area contributed by atoms with E-state index in [0.717, 1.165) is 19.3 Å². The van der Waals surface area contributed by atoms with Crippen LogP contribution in [-0.2, 0) is 18.9 Å². The van der Waals surface area contributed by atoms with Crippen LogP contribution in [0.5, 0.6) is 0 Å². The second kappa shape index (κ2) is 20.5. The highest BCUT2D eigenvalue weighted by molar-refractivity contribution is 4.94. The minimum atomic E-state index is -1.72. The lowest BCUT2D eigenvalue weighted by molar-refractivity contribution is -0.357. The molecule has 2 rings (SSSR count). The molecule has 0 radical (unpaired) electrons. The molecule has 0 aromatic rings. The highest BCUT2D eigenvalue weighted by Gasteiger charge is 2.50. The Morgan fingerprint density at radius 1 is 0.525 bits per heavy atom. The molecule has 0 aromatic heterocycles. The Hall–Kier alpha value is -0.440. The molecule has 2 aliphatic heterocycles. The molecule has 0 bridgehead atoms. The molecule has 2 aliphatic rings. The SMILES string of the molecule is CCCCCCCCCCCCCCCCCO[C@@H]1[C@@H](O)[C@@H](O[C@H]2[C@H](O)[C@@H](O)[C@H](O)O[C@@H]2CO)O[C@H](CO)[C@H]1O. The van der Waals surface area contributed by atoms with E-state index < -0.39 is 74.6 Å². The van der Waals surface area contributed by atoms with Gasteiger partial charge in [0.05, 0.1) is 13.2 Å². The molecule has 238 valence electrons. The van der Waals surface area contributed by atoms with Crippen LogP contribution in [0.15, 0.2) is 0 Å². The Bertz CT molecular complexity index is 625. The van der Waals surface area contributed by atoms with Crippen molar-refractivity contribution in [3.05, 3.63) is 0 Å². The number of hydrogen-bond acceptors (Lipinski definition) is 11. The molecule has 0 aliphatic carbocycles. The molecule has 0 spiro atoms. The third kappa shape index (κ3) is 11.7. The predicted octanol–water partition coefficient (Wildman–Crippen LogP) is 1.50. The van der Waals surface area contributed by atoms with Crippen LogP contribution < -0.4 is 0 Å².